The fourth-order valence-corrected chi connectivity index (χ4v) is 6.07. The smallest absolute Gasteiger partial charge is 0.273 e. The molecule has 4 aromatic rings. The Morgan fingerprint density at radius 2 is 1.64 bits per heavy atom. The second-order valence-electron chi connectivity index (χ2n) is 11.9. The van der Waals surface area contributed by atoms with Gasteiger partial charge >= 0.3 is 0 Å². The van der Waals surface area contributed by atoms with E-state index in [0.29, 0.717) is 16.0 Å². The van der Waals surface area contributed by atoms with Crippen molar-refractivity contribution in [1.82, 2.24) is 45.8 Å². The van der Waals surface area contributed by atoms with Crippen LogP contribution in [0.1, 0.15) is 84.3 Å². The number of nitrogens with one attached hydrogen (secondary N) is 3. The number of carbonyl (C=O) groups is 4. The highest BCUT2D eigenvalue weighted by atomic mass is 32.1. The molecule has 3 N–H and O–H groups in total. The Kier molecular flexibility index (Phi) is 9.27. The minimum absolute atomic E-state index is 0.0287. The topological polar surface area (TPSA) is 177 Å². The molecule has 15 heteroatoms. The predicted octanol–water partition coefficient (Wildman–Crippen LogP) is 2.79. The van der Waals surface area contributed by atoms with Gasteiger partial charge in [0.25, 0.3) is 11.8 Å². The third-order valence-electron chi connectivity index (χ3n) is 7.41. The van der Waals surface area contributed by atoms with E-state index in [1.165, 1.54) is 21.0 Å². The molecule has 238 valence electrons. The molecule has 1 aliphatic heterocycles. The number of rotatable bonds is 4. The summed E-state index contributed by atoms with van der Waals surface area (Å²) in [5.74, 6) is -1.46. The SMILES string of the molecule is Cc1oc2nc1C(=O)N[C@H](C)CN(C(=O)Cn1nc3ccccc3n1)CC(=O)N[C@@H](C(C)C)c1nc(cs1)C(=O)N[C@@H]2C(C)C. The van der Waals surface area contributed by atoms with Crippen LogP contribution in [0.25, 0.3) is 11.0 Å². The van der Waals surface area contributed by atoms with Crippen molar-refractivity contribution in [2.75, 3.05) is 13.1 Å². The number of oxazole rings is 1. The number of benzene rings is 1. The quantitative estimate of drug-likeness (QED) is 0.304. The lowest BCUT2D eigenvalue weighted by atomic mass is 10.0. The van der Waals surface area contributed by atoms with Crippen molar-refractivity contribution < 1.29 is 23.6 Å². The second kappa shape index (κ2) is 13.1. The van der Waals surface area contributed by atoms with E-state index < -0.39 is 41.8 Å². The Hall–Kier alpha value is -4.66. The van der Waals surface area contributed by atoms with Crippen LogP contribution in [-0.2, 0) is 16.1 Å². The van der Waals surface area contributed by atoms with Crippen molar-refractivity contribution in [2.45, 2.75) is 66.2 Å². The molecule has 0 saturated heterocycles. The Balaban J connectivity index is 1.47. The van der Waals surface area contributed by atoms with Gasteiger partial charge in [0.05, 0.1) is 12.6 Å². The molecule has 0 spiro atoms. The summed E-state index contributed by atoms with van der Waals surface area (Å²) >= 11 is 1.26. The molecule has 0 unspecified atom stereocenters. The molecule has 14 nitrogen and oxygen atoms in total. The summed E-state index contributed by atoms with van der Waals surface area (Å²) in [5, 5.41) is 19.7. The van der Waals surface area contributed by atoms with Gasteiger partial charge in [-0.1, -0.05) is 39.8 Å². The highest BCUT2D eigenvalue weighted by molar-refractivity contribution is 7.09. The van der Waals surface area contributed by atoms with Crippen LogP contribution in [0, 0.1) is 18.8 Å². The van der Waals surface area contributed by atoms with Gasteiger partial charge in [0.2, 0.25) is 17.7 Å². The zero-order valence-electron chi connectivity index (χ0n) is 26.0. The minimum Gasteiger partial charge on any atom is -0.443 e. The Bertz CT molecular complexity index is 1690. The molecule has 1 aromatic carbocycles. The summed E-state index contributed by atoms with van der Waals surface area (Å²) in [4.78, 5) is 65.3. The molecular weight excluding hydrogens is 598 g/mol. The van der Waals surface area contributed by atoms with Crippen LogP contribution in [0.15, 0.2) is 34.1 Å². The number of thiazole rings is 1. The Labute approximate surface area is 264 Å². The van der Waals surface area contributed by atoms with Gasteiger partial charge < -0.3 is 25.3 Å². The van der Waals surface area contributed by atoms with E-state index in [4.69, 9.17) is 4.42 Å². The molecule has 3 atom stereocenters. The van der Waals surface area contributed by atoms with Crippen molar-refractivity contribution >= 4 is 46.0 Å². The Morgan fingerprint density at radius 1 is 0.978 bits per heavy atom. The number of nitrogens with zero attached hydrogens (tertiary/aromatic N) is 6. The first-order valence-electron chi connectivity index (χ1n) is 14.8. The normalized spacial score (nSPS) is 20.1. The lowest BCUT2D eigenvalue weighted by Crippen LogP contribution is -2.49. The predicted molar refractivity (Wildman–Crippen MR) is 165 cm³/mol. The second-order valence-corrected chi connectivity index (χ2v) is 12.8. The first-order chi connectivity index (χ1) is 21.4. The van der Waals surface area contributed by atoms with Crippen LogP contribution >= 0.6 is 11.3 Å². The maximum Gasteiger partial charge on any atom is 0.273 e. The van der Waals surface area contributed by atoms with Crippen LogP contribution in [0.2, 0.25) is 0 Å². The van der Waals surface area contributed by atoms with Crippen LogP contribution in [0.5, 0.6) is 0 Å². The fourth-order valence-electron chi connectivity index (χ4n) is 5.05. The van der Waals surface area contributed by atoms with Gasteiger partial charge in [-0.3, -0.25) is 19.2 Å². The molecule has 5 rings (SSSR count). The molecule has 1 aliphatic rings. The van der Waals surface area contributed by atoms with Gasteiger partial charge in [-0.25, -0.2) is 9.97 Å². The summed E-state index contributed by atoms with van der Waals surface area (Å²) in [7, 11) is 0. The van der Waals surface area contributed by atoms with Crippen molar-refractivity contribution in [3.63, 3.8) is 0 Å². The van der Waals surface area contributed by atoms with E-state index in [2.05, 4.69) is 36.1 Å². The molecular formula is C30H37N9O5S. The fraction of sp³-hybridized carbons (Fsp3) is 0.467. The third-order valence-corrected chi connectivity index (χ3v) is 8.34. The first-order valence-corrected chi connectivity index (χ1v) is 15.7. The van der Waals surface area contributed by atoms with Crippen molar-refractivity contribution in [1.29, 1.82) is 0 Å². The number of fused-ring (bicyclic) bond motifs is 5. The maximum atomic E-state index is 13.6. The summed E-state index contributed by atoms with van der Waals surface area (Å²) in [6.45, 7) is 10.6. The lowest BCUT2D eigenvalue weighted by Gasteiger charge is -2.27. The zero-order chi connectivity index (χ0) is 32.4. The molecule has 0 radical (unpaired) electrons. The van der Waals surface area contributed by atoms with E-state index in [1.807, 2.05) is 39.8 Å². The van der Waals surface area contributed by atoms with Crippen LogP contribution < -0.4 is 16.0 Å². The zero-order valence-corrected chi connectivity index (χ0v) is 26.8. The molecule has 3 aromatic heterocycles. The third kappa shape index (κ3) is 7.19. The maximum absolute atomic E-state index is 13.6. The van der Waals surface area contributed by atoms with Crippen LogP contribution in [0.3, 0.4) is 0 Å². The monoisotopic (exact) mass is 635 g/mol. The Morgan fingerprint density at radius 3 is 2.29 bits per heavy atom. The average Bonchev–Trinajstić information content (AvgIpc) is 3.71. The number of hydrogen-bond donors (Lipinski definition) is 3. The van der Waals surface area contributed by atoms with Crippen LogP contribution in [0.4, 0.5) is 0 Å². The van der Waals surface area contributed by atoms with Crippen LogP contribution in [-0.4, -0.2) is 72.6 Å². The number of aryl methyl sites for hydroxylation is 1. The molecule has 4 bridgehead atoms. The van der Waals surface area contributed by atoms with E-state index in [0.717, 1.165) is 0 Å². The van der Waals surface area contributed by atoms with E-state index >= 15 is 0 Å². The van der Waals surface area contributed by atoms with Gasteiger partial charge in [0, 0.05) is 18.0 Å². The molecule has 45 heavy (non-hydrogen) atoms. The molecule has 0 saturated carbocycles. The molecule has 4 heterocycles. The largest absolute Gasteiger partial charge is 0.443 e. The number of carbonyl (C=O) groups excluding carboxylic acids is 4. The lowest BCUT2D eigenvalue weighted by molar-refractivity contribution is -0.137. The van der Waals surface area contributed by atoms with Crippen molar-refractivity contribution in [3.05, 3.63) is 57.7 Å². The van der Waals surface area contributed by atoms with Crippen molar-refractivity contribution in [3.8, 4) is 0 Å². The highest BCUT2D eigenvalue weighted by Crippen LogP contribution is 2.27. The summed E-state index contributed by atoms with van der Waals surface area (Å²) in [6, 6.07) is 5.56. The molecule has 4 amide bonds. The van der Waals surface area contributed by atoms with Gasteiger partial charge in [-0.2, -0.15) is 15.0 Å². The minimum atomic E-state index is -0.625. The summed E-state index contributed by atoms with van der Waals surface area (Å²) in [5.41, 5.74) is 1.53. The molecule has 0 fully saturated rings. The van der Waals surface area contributed by atoms with Gasteiger partial charge in [-0.15, -0.1) is 11.3 Å². The summed E-state index contributed by atoms with van der Waals surface area (Å²) in [6.07, 6.45) is 0. The number of hydrogen-bond acceptors (Lipinski definition) is 10. The van der Waals surface area contributed by atoms with Gasteiger partial charge in [0.1, 0.15) is 40.1 Å². The van der Waals surface area contributed by atoms with E-state index in [9.17, 15) is 19.2 Å². The number of amides is 4. The van der Waals surface area contributed by atoms with Crippen molar-refractivity contribution in [2.24, 2.45) is 11.8 Å². The standard InChI is InChI=1S/C30H37N9O5S/c1-15(2)24-29-35-26(18(6)44-29)28(43)31-17(5)11-38(23(41)13-39-36-19-9-7-8-10-20(19)37-39)12-22(40)33-25(16(3)4)30-32-21(14-45-30)27(42)34-24/h7-10,14-17,24-25H,11-13H2,1-6H3,(H,31,43)(H,33,40)(H,34,42)/t17-,24-,25+/m1/s1. The number of aromatic nitrogens is 5. The van der Waals surface area contributed by atoms with E-state index in [1.54, 1.807) is 31.4 Å². The average molecular weight is 636 g/mol. The summed E-state index contributed by atoms with van der Waals surface area (Å²) < 4.78 is 5.87. The first kappa shape index (κ1) is 31.8. The van der Waals surface area contributed by atoms with E-state index in [-0.39, 0.29) is 54.5 Å². The van der Waals surface area contributed by atoms with Gasteiger partial charge in [0.15, 0.2) is 5.69 Å². The molecule has 0 aliphatic carbocycles. The highest BCUT2D eigenvalue weighted by Gasteiger charge is 2.31. The van der Waals surface area contributed by atoms with Gasteiger partial charge in [-0.05, 0) is 37.8 Å².